The van der Waals surface area contributed by atoms with Crippen LogP contribution in [0.3, 0.4) is 0 Å². The van der Waals surface area contributed by atoms with E-state index in [1.807, 2.05) is 18.2 Å². The van der Waals surface area contributed by atoms with Gasteiger partial charge in [0.1, 0.15) is 11.6 Å². The molecule has 0 aromatic heterocycles. The Hall–Kier alpha value is -2.82. The van der Waals surface area contributed by atoms with Gasteiger partial charge >= 0.3 is 6.36 Å². The molecule has 0 amide bonds. The second-order valence-corrected chi connectivity index (χ2v) is 7.63. The van der Waals surface area contributed by atoms with E-state index in [0.717, 1.165) is 17.5 Å². The first kappa shape index (κ1) is 22.9. The van der Waals surface area contributed by atoms with Gasteiger partial charge in [0.05, 0.1) is 0 Å². The Labute approximate surface area is 180 Å². The molecule has 0 aliphatic rings. The van der Waals surface area contributed by atoms with Crippen molar-refractivity contribution < 1.29 is 22.3 Å². The van der Waals surface area contributed by atoms with Crippen molar-refractivity contribution in [3.8, 4) is 28.0 Å². The molecule has 31 heavy (non-hydrogen) atoms. The van der Waals surface area contributed by atoms with Crippen LogP contribution >= 0.6 is 0 Å². The summed E-state index contributed by atoms with van der Waals surface area (Å²) in [4.78, 5) is 0. The van der Waals surface area contributed by atoms with Crippen molar-refractivity contribution in [1.29, 1.82) is 0 Å². The lowest BCUT2D eigenvalue weighted by molar-refractivity contribution is -0.274. The molecule has 0 N–H and O–H groups in total. The highest BCUT2D eigenvalue weighted by molar-refractivity contribution is 5.71. The van der Waals surface area contributed by atoms with E-state index >= 15 is 0 Å². The minimum absolute atomic E-state index is 0.325. The van der Waals surface area contributed by atoms with Gasteiger partial charge in [-0.2, -0.15) is 0 Å². The van der Waals surface area contributed by atoms with Gasteiger partial charge in [-0.15, -0.1) is 13.2 Å². The maximum Gasteiger partial charge on any atom is 0.573 e. The fraction of sp³-hybridized carbons (Fsp3) is 0.308. The maximum atomic E-state index is 14.7. The molecule has 1 nitrogen and oxygen atoms in total. The quantitative estimate of drug-likeness (QED) is 0.244. The minimum atomic E-state index is -4.75. The molecule has 0 atom stereocenters. The predicted molar refractivity (Wildman–Crippen MR) is 116 cm³/mol. The summed E-state index contributed by atoms with van der Waals surface area (Å²) in [5, 5.41) is 0. The van der Waals surface area contributed by atoms with E-state index in [1.165, 1.54) is 68.0 Å². The summed E-state index contributed by atoms with van der Waals surface area (Å²) in [7, 11) is 0. The van der Waals surface area contributed by atoms with E-state index in [0.29, 0.717) is 11.1 Å². The lowest BCUT2D eigenvalue weighted by Crippen LogP contribution is -2.16. The van der Waals surface area contributed by atoms with Crippen LogP contribution in [-0.4, -0.2) is 6.36 Å². The Balaban J connectivity index is 1.66. The van der Waals surface area contributed by atoms with Crippen LogP contribution in [0.5, 0.6) is 5.75 Å². The largest absolute Gasteiger partial charge is 0.573 e. The second kappa shape index (κ2) is 10.5. The highest BCUT2D eigenvalue weighted by Crippen LogP contribution is 2.30. The third-order valence-corrected chi connectivity index (χ3v) is 5.22. The van der Waals surface area contributed by atoms with Crippen LogP contribution in [0.2, 0.25) is 0 Å². The molecule has 0 heterocycles. The van der Waals surface area contributed by atoms with Crippen molar-refractivity contribution in [3.05, 3.63) is 78.1 Å². The van der Waals surface area contributed by atoms with E-state index in [1.54, 1.807) is 6.07 Å². The number of ether oxygens (including phenoxy) is 1. The van der Waals surface area contributed by atoms with Gasteiger partial charge in [0.15, 0.2) is 0 Å². The molecule has 164 valence electrons. The molecule has 0 saturated heterocycles. The van der Waals surface area contributed by atoms with Crippen molar-refractivity contribution in [2.45, 2.75) is 51.8 Å². The van der Waals surface area contributed by atoms with Gasteiger partial charge in [-0.1, -0.05) is 81.1 Å². The first-order valence-corrected chi connectivity index (χ1v) is 10.6. The molecule has 3 rings (SSSR count). The molecule has 0 aliphatic heterocycles. The summed E-state index contributed by atoms with van der Waals surface area (Å²) < 4.78 is 55.4. The number of alkyl halides is 3. The summed E-state index contributed by atoms with van der Waals surface area (Å²) >= 11 is 0. The molecule has 0 spiro atoms. The molecular formula is C26H26F4O. The Bertz CT molecular complexity index is 960. The maximum absolute atomic E-state index is 14.7. The number of hydrogen-bond acceptors (Lipinski definition) is 1. The summed E-state index contributed by atoms with van der Waals surface area (Å²) in [5.74, 6) is -0.763. The highest BCUT2D eigenvalue weighted by Gasteiger charge is 2.31. The van der Waals surface area contributed by atoms with Gasteiger partial charge in [0.2, 0.25) is 0 Å². The monoisotopic (exact) mass is 430 g/mol. The van der Waals surface area contributed by atoms with E-state index in [9.17, 15) is 17.6 Å². The van der Waals surface area contributed by atoms with Crippen LogP contribution in [0, 0.1) is 5.82 Å². The van der Waals surface area contributed by atoms with Crippen LogP contribution in [-0.2, 0) is 6.42 Å². The zero-order valence-corrected chi connectivity index (χ0v) is 17.5. The normalized spacial score (nSPS) is 11.5. The van der Waals surface area contributed by atoms with Crippen molar-refractivity contribution in [2.24, 2.45) is 0 Å². The molecule has 5 heteroatoms. The number of hydrogen-bond donors (Lipinski definition) is 0. The van der Waals surface area contributed by atoms with Crippen LogP contribution < -0.4 is 4.74 Å². The van der Waals surface area contributed by atoms with E-state index in [2.05, 4.69) is 23.8 Å². The van der Waals surface area contributed by atoms with Gasteiger partial charge in [-0.05, 0) is 53.3 Å². The number of rotatable bonds is 9. The number of benzene rings is 3. The molecule has 0 bridgehead atoms. The first-order chi connectivity index (χ1) is 14.9. The number of aryl methyl sites for hydroxylation is 1. The molecule has 3 aromatic rings. The van der Waals surface area contributed by atoms with E-state index < -0.39 is 12.2 Å². The Morgan fingerprint density at radius 2 is 1.32 bits per heavy atom. The topological polar surface area (TPSA) is 9.23 Å². The van der Waals surface area contributed by atoms with E-state index in [-0.39, 0.29) is 5.75 Å². The van der Waals surface area contributed by atoms with Crippen LogP contribution in [0.1, 0.15) is 44.6 Å². The van der Waals surface area contributed by atoms with Crippen molar-refractivity contribution in [2.75, 3.05) is 0 Å². The zero-order valence-electron chi connectivity index (χ0n) is 17.5. The average Bonchev–Trinajstić information content (AvgIpc) is 2.74. The Kier molecular flexibility index (Phi) is 7.72. The molecule has 0 aliphatic carbocycles. The van der Waals surface area contributed by atoms with Crippen LogP contribution in [0.25, 0.3) is 22.3 Å². The summed E-state index contributed by atoms with van der Waals surface area (Å²) in [5.41, 5.74) is 3.77. The Morgan fingerprint density at radius 3 is 1.94 bits per heavy atom. The van der Waals surface area contributed by atoms with Gasteiger partial charge < -0.3 is 4.74 Å². The number of halogens is 4. The molecule has 0 fully saturated rings. The second-order valence-electron chi connectivity index (χ2n) is 7.63. The lowest BCUT2D eigenvalue weighted by Gasteiger charge is -2.11. The van der Waals surface area contributed by atoms with Gasteiger partial charge in [0.25, 0.3) is 0 Å². The smallest absolute Gasteiger partial charge is 0.406 e. The highest BCUT2D eigenvalue weighted by atomic mass is 19.4. The van der Waals surface area contributed by atoms with Gasteiger partial charge in [-0.3, -0.25) is 0 Å². The summed E-state index contributed by atoms with van der Waals surface area (Å²) in [6, 6.07) is 18.3. The van der Waals surface area contributed by atoms with Gasteiger partial charge in [0, 0.05) is 5.56 Å². The first-order valence-electron chi connectivity index (χ1n) is 10.6. The standard InChI is InChI=1S/C26H26F4O/c1-2-3-4-5-6-7-19-8-10-20(11-9-19)22-14-17-24(25(27)18-22)21-12-15-23(16-13-21)31-26(28,29)30/h8-18H,2-7H2,1H3. The lowest BCUT2D eigenvalue weighted by atomic mass is 9.98. The van der Waals surface area contributed by atoms with Crippen LogP contribution in [0.15, 0.2) is 66.7 Å². The SMILES string of the molecule is CCCCCCCc1ccc(-c2ccc(-c3ccc(OC(F)(F)F)cc3)c(F)c2)cc1. The summed E-state index contributed by atoms with van der Waals surface area (Å²) in [6.07, 6.45) is 2.51. The zero-order chi connectivity index (χ0) is 22.3. The van der Waals surface area contributed by atoms with Crippen molar-refractivity contribution in [3.63, 3.8) is 0 Å². The van der Waals surface area contributed by atoms with Gasteiger partial charge in [-0.25, -0.2) is 4.39 Å². The molecule has 0 saturated carbocycles. The fourth-order valence-electron chi connectivity index (χ4n) is 3.56. The van der Waals surface area contributed by atoms with Crippen molar-refractivity contribution in [1.82, 2.24) is 0 Å². The number of unbranched alkanes of at least 4 members (excludes halogenated alkanes) is 4. The molecule has 0 unspecified atom stereocenters. The minimum Gasteiger partial charge on any atom is -0.406 e. The predicted octanol–water partition coefficient (Wildman–Crippen LogP) is 8.57. The Morgan fingerprint density at radius 1 is 0.710 bits per heavy atom. The summed E-state index contributed by atoms with van der Waals surface area (Å²) in [6.45, 7) is 2.21. The molecule has 0 radical (unpaired) electrons. The van der Waals surface area contributed by atoms with Crippen molar-refractivity contribution >= 4 is 0 Å². The fourth-order valence-corrected chi connectivity index (χ4v) is 3.56. The third kappa shape index (κ3) is 6.84. The van der Waals surface area contributed by atoms with E-state index in [4.69, 9.17) is 0 Å². The van der Waals surface area contributed by atoms with Crippen LogP contribution in [0.4, 0.5) is 17.6 Å². The molecule has 3 aromatic carbocycles. The average molecular weight is 430 g/mol. The molecular weight excluding hydrogens is 404 g/mol. The third-order valence-electron chi connectivity index (χ3n) is 5.22.